The van der Waals surface area contributed by atoms with Crippen molar-refractivity contribution in [3.05, 3.63) is 75.8 Å². The number of nitrogens with one attached hydrogen (secondary N) is 1. The van der Waals surface area contributed by atoms with E-state index in [1.165, 1.54) is 6.07 Å². The van der Waals surface area contributed by atoms with Crippen molar-refractivity contribution in [1.29, 1.82) is 0 Å². The van der Waals surface area contributed by atoms with Crippen LogP contribution in [0.1, 0.15) is 20.7 Å². The zero-order valence-corrected chi connectivity index (χ0v) is 14.9. The highest BCUT2D eigenvalue weighted by molar-refractivity contribution is 6.04. The largest absolute Gasteiger partial charge is 0.506 e. The summed E-state index contributed by atoms with van der Waals surface area (Å²) in [4.78, 5) is 48.5. The number of pyridine rings is 1. The molecule has 0 atom stereocenters. The summed E-state index contributed by atoms with van der Waals surface area (Å²) in [6.45, 7) is -1.26. The summed E-state index contributed by atoms with van der Waals surface area (Å²) >= 11 is 0. The van der Waals surface area contributed by atoms with Crippen molar-refractivity contribution in [3.63, 3.8) is 0 Å². The molecule has 148 valence electrons. The van der Waals surface area contributed by atoms with Crippen LogP contribution in [0.4, 0.5) is 4.39 Å². The number of Topliss-reactive ketones (excluding diaryl/α,β-unsaturated/α-hetero) is 1. The molecule has 9 heteroatoms. The normalized spacial score (nSPS) is 10.7. The van der Waals surface area contributed by atoms with Crippen molar-refractivity contribution in [2.45, 2.75) is 6.54 Å². The number of benzene rings is 2. The van der Waals surface area contributed by atoms with Gasteiger partial charge in [-0.25, -0.2) is 4.39 Å². The lowest BCUT2D eigenvalue weighted by atomic mass is 10.1. The Bertz CT molecular complexity index is 1190. The van der Waals surface area contributed by atoms with E-state index in [2.05, 4.69) is 0 Å². The standard InChI is InChI=1S/C20H15FN2O6/c21-12-6-7-14-13(8-12)18(27)17(19(28)22-9-16(25)26)20(29)23(14)10-15(24)11-4-2-1-3-5-11/h1-8,27H,9-10H2,(H,22,28)(H,25,26). The third-order valence-corrected chi connectivity index (χ3v) is 4.23. The predicted molar refractivity (Wildman–Crippen MR) is 101 cm³/mol. The molecule has 0 aliphatic rings. The molecule has 0 aliphatic heterocycles. The molecule has 1 aromatic heterocycles. The number of carbonyl (C=O) groups excluding carboxylic acids is 2. The van der Waals surface area contributed by atoms with Crippen LogP contribution >= 0.6 is 0 Å². The van der Waals surface area contributed by atoms with Gasteiger partial charge in [-0.3, -0.25) is 23.7 Å². The molecule has 0 radical (unpaired) electrons. The maximum absolute atomic E-state index is 13.7. The molecule has 1 heterocycles. The average molecular weight is 398 g/mol. The summed E-state index contributed by atoms with van der Waals surface area (Å²) in [5.74, 6) is -4.48. The first-order chi connectivity index (χ1) is 13.8. The van der Waals surface area contributed by atoms with Gasteiger partial charge < -0.3 is 15.5 Å². The predicted octanol–water partition coefficient (Wildman–Crippen LogP) is 1.54. The van der Waals surface area contributed by atoms with Gasteiger partial charge in [-0.15, -0.1) is 0 Å². The second-order valence-corrected chi connectivity index (χ2v) is 6.14. The van der Waals surface area contributed by atoms with E-state index in [4.69, 9.17) is 5.11 Å². The van der Waals surface area contributed by atoms with Crippen molar-refractivity contribution in [1.82, 2.24) is 9.88 Å². The summed E-state index contributed by atoms with van der Waals surface area (Å²) < 4.78 is 14.7. The number of ketones is 1. The smallest absolute Gasteiger partial charge is 0.322 e. The number of hydrogen-bond acceptors (Lipinski definition) is 5. The Hall–Kier alpha value is -4.01. The zero-order chi connectivity index (χ0) is 21.1. The second-order valence-electron chi connectivity index (χ2n) is 6.14. The van der Waals surface area contributed by atoms with E-state index >= 15 is 0 Å². The van der Waals surface area contributed by atoms with Gasteiger partial charge >= 0.3 is 5.97 Å². The van der Waals surface area contributed by atoms with Crippen LogP contribution in [0.2, 0.25) is 0 Å². The molecule has 0 spiro atoms. The van der Waals surface area contributed by atoms with Crippen LogP contribution in [0.15, 0.2) is 53.3 Å². The number of hydrogen-bond donors (Lipinski definition) is 3. The number of fused-ring (bicyclic) bond motifs is 1. The third-order valence-electron chi connectivity index (χ3n) is 4.23. The van der Waals surface area contributed by atoms with Gasteiger partial charge in [0.15, 0.2) is 5.78 Å². The number of aromatic hydroxyl groups is 1. The quantitative estimate of drug-likeness (QED) is 0.541. The first-order valence-electron chi connectivity index (χ1n) is 8.43. The molecule has 0 fully saturated rings. The molecule has 1 amide bonds. The minimum absolute atomic E-state index is 0.0490. The number of halogens is 1. The maximum atomic E-state index is 13.7. The average Bonchev–Trinajstić information content (AvgIpc) is 2.70. The molecule has 2 aromatic carbocycles. The summed E-state index contributed by atoms with van der Waals surface area (Å²) in [5.41, 5.74) is -1.41. The summed E-state index contributed by atoms with van der Waals surface area (Å²) in [5, 5.41) is 20.9. The van der Waals surface area contributed by atoms with Gasteiger partial charge in [0.05, 0.1) is 12.1 Å². The first-order valence-corrected chi connectivity index (χ1v) is 8.43. The lowest BCUT2D eigenvalue weighted by Gasteiger charge is -2.14. The van der Waals surface area contributed by atoms with Gasteiger partial charge in [0.1, 0.15) is 23.7 Å². The number of carbonyl (C=O) groups is 3. The van der Waals surface area contributed by atoms with Crippen LogP contribution in [0.5, 0.6) is 5.75 Å². The summed E-state index contributed by atoms with van der Waals surface area (Å²) in [6.07, 6.45) is 0. The van der Waals surface area contributed by atoms with E-state index in [-0.39, 0.29) is 10.9 Å². The minimum Gasteiger partial charge on any atom is -0.506 e. The van der Waals surface area contributed by atoms with Crippen molar-refractivity contribution < 1.29 is 29.0 Å². The van der Waals surface area contributed by atoms with E-state index in [0.717, 1.165) is 16.7 Å². The van der Waals surface area contributed by atoms with Gasteiger partial charge in [0.25, 0.3) is 11.5 Å². The van der Waals surface area contributed by atoms with Gasteiger partial charge in [-0.05, 0) is 18.2 Å². The molecular formula is C20H15FN2O6. The molecule has 3 rings (SSSR count). The number of nitrogens with zero attached hydrogens (tertiary/aromatic N) is 1. The molecule has 0 unspecified atom stereocenters. The first kappa shape index (κ1) is 19.7. The second kappa shape index (κ2) is 7.93. The van der Waals surface area contributed by atoms with Crippen molar-refractivity contribution in [2.24, 2.45) is 0 Å². The van der Waals surface area contributed by atoms with Crippen LogP contribution in [0.3, 0.4) is 0 Å². The fourth-order valence-corrected chi connectivity index (χ4v) is 2.88. The van der Waals surface area contributed by atoms with E-state index in [1.807, 2.05) is 5.32 Å². The molecule has 8 nitrogen and oxygen atoms in total. The summed E-state index contributed by atoms with van der Waals surface area (Å²) in [7, 11) is 0. The number of aromatic nitrogens is 1. The van der Waals surface area contributed by atoms with Crippen molar-refractivity contribution in [2.75, 3.05) is 6.54 Å². The molecule has 3 N–H and O–H groups in total. The Morgan fingerprint density at radius 2 is 1.76 bits per heavy atom. The molecular weight excluding hydrogens is 383 g/mol. The van der Waals surface area contributed by atoms with E-state index in [0.29, 0.717) is 5.56 Å². The molecule has 0 aliphatic carbocycles. The molecule has 0 bridgehead atoms. The Kier molecular flexibility index (Phi) is 5.40. The Balaban J connectivity index is 2.17. The maximum Gasteiger partial charge on any atom is 0.322 e. The highest BCUT2D eigenvalue weighted by atomic mass is 19.1. The molecule has 3 aromatic rings. The van der Waals surface area contributed by atoms with E-state index in [9.17, 15) is 28.7 Å². The lowest BCUT2D eigenvalue weighted by molar-refractivity contribution is -0.135. The van der Waals surface area contributed by atoms with E-state index < -0.39 is 53.4 Å². The van der Waals surface area contributed by atoms with Crippen LogP contribution in [-0.2, 0) is 11.3 Å². The zero-order valence-electron chi connectivity index (χ0n) is 14.9. The lowest BCUT2D eigenvalue weighted by Crippen LogP contribution is -2.36. The Labute approximate surface area is 162 Å². The highest BCUT2D eigenvalue weighted by Crippen LogP contribution is 2.27. The van der Waals surface area contributed by atoms with Crippen molar-refractivity contribution in [3.8, 4) is 5.75 Å². The van der Waals surface area contributed by atoms with Gasteiger partial charge in [-0.1, -0.05) is 30.3 Å². The Morgan fingerprint density at radius 3 is 2.41 bits per heavy atom. The highest BCUT2D eigenvalue weighted by Gasteiger charge is 2.24. The number of aliphatic carboxylic acids is 1. The number of carboxylic acids is 1. The minimum atomic E-state index is -1.36. The SMILES string of the molecule is O=C(O)CNC(=O)c1c(O)c2cc(F)ccc2n(CC(=O)c2ccccc2)c1=O. The van der Waals surface area contributed by atoms with Gasteiger partial charge in [0, 0.05) is 10.9 Å². The van der Waals surface area contributed by atoms with E-state index in [1.54, 1.807) is 30.3 Å². The van der Waals surface area contributed by atoms with Gasteiger partial charge in [-0.2, -0.15) is 0 Å². The molecule has 0 saturated heterocycles. The fourth-order valence-electron chi connectivity index (χ4n) is 2.88. The number of carboxylic acid groups (broad SMARTS) is 1. The van der Waals surface area contributed by atoms with Gasteiger partial charge in [0.2, 0.25) is 0 Å². The van der Waals surface area contributed by atoms with Crippen LogP contribution < -0.4 is 10.9 Å². The number of rotatable bonds is 6. The monoisotopic (exact) mass is 398 g/mol. The number of amides is 1. The third kappa shape index (κ3) is 3.98. The van der Waals surface area contributed by atoms with Crippen molar-refractivity contribution >= 4 is 28.6 Å². The molecule has 0 saturated carbocycles. The van der Waals surface area contributed by atoms with Crippen LogP contribution in [0.25, 0.3) is 10.9 Å². The van der Waals surface area contributed by atoms with Crippen LogP contribution in [0, 0.1) is 5.82 Å². The Morgan fingerprint density at radius 1 is 1.07 bits per heavy atom. The summed E-state index contributed by atoms with van der Waals surface area (Å²) in [6, 6.07) is 11.3. The van der Waals surface area contributed by atoms with Crippen LogP contribution in [-0.4, -0.2) is 39.0 Å². The fraction of sp³-hybridized carbons (Fsp3) is 0.100. The molecule has 29 heavy (non-hydrogen) atoms. The topological polar surface area (TPSA) is 126 Å².